The van der Waals surface area contributed by atoms with Gasteiger partial charge in [0.2, 0.25) is 11.9 Å². The molecule has 2 aliphatic heterocycles. The number of amides is 1. The summed E-state index contributed by atoms with van der Waals surface area (Å²) in [6, 6.07) is 1.28. The maximum absolute atomic E-state index is 11.9. The van der Waals surface area contributed by atoms with Crippen molar-refractivity contribution in [3.63, 3.8) is 0 Å². The number of benzene rings is 1. The van der Waals surface area contributed by atoms with Crippen LogP contribution in [0.15, 0.2) is 24.9 Å². The summed E-state index contributed by atoms with van der Waals surface area (Å²) in [5.41, 5.74) is 1.31. The highest BCUT2D eigenvalue weighted by atomic mass is 35.5. The summed E-state index contributed by atoms with van der Waals surface area (Å²) >= 11 is 19.2. The number of aromatic nitrogens is 2. The first kappa shape index (κ1) is 27.2. The molecule has 2 aromatic rings. The monoisotopic (exact) mass is 566 g/mol. The molecule has 0 aliphatic carbocycles. The molecule has 1 amide bonds. The molecule has 0 radical (unpaired) electrons. The van der Waals surface area contributed by atoms with E-state index in [1.54, 1.807) is 12.3 Å². The van der Waals surface area contributed by atoms with Crippen molar-refractivity contribution >= 4 is 63.9 Å². The lowest BCUT2D eigenvalue weighted by atomic mass is 10.0. The topological polar surface area (TPSA) is 101 Å². The molecule has 10 nitrogen and oxygen atoms in total. The number of carbonyl (C=O) groups excluding carboxylic acids is 1. The molecular formula is C24H28Cl2N6O4S. The fraction of sp³-hybridized carbons (Fsp3) is 0.417. The largest absolute Gasteiger partial charge is 0.495 e. The highest BCUT2D eigenvalue weighted by Crippen LogP contribution is 2.48. The molecule has 3 heterocycles. The molecule has 0 bridgehead atoms. The molecule has 0 unspecified atom stereocenters. The highest BCUT2D eigenvalue weighted by Gasteiger charge is 2.34. The van der Waals surface area contributed by atoms with Crippen molar-refractivity contribution in [1.29, 1.82) is 0 Å². The van der Waals surface area contributed by atoms with Gasteiger partial charge in [-0.05, 0) is 31.6 Å². The predicted octanol–water partition coefficient (Wildman–Crippen LogP) is 3.80. The van der Waals surface area contributed by atoms with Gasteiger partial charge in [-0.1, -0.05) is 29.8 Å². The molecule has 2 aliphatic rings. The number of halogens is 2. The number of methoxy groups -OCH3 is 2. The number of nitrogens with one attached hydrogen (secondary N) is 2. The van der Waals surface area contributed by atoms with Crippen molar-refractivity contribution in [3.8, 4) is 11.5 Å². The third-order valence-corrected chi connectivity index (χ3v) is 7.38. The quantitative estimate of drug-likeness (QED) is 0.362. The molecule has 0 spiro atoms. The van der Waals surface area contributed by atoms with Crippen LogP contribution in [-0.4, -0.2) is 67.0 Å². The van der Waals surface area contributed by atoms with Crippen LogP contribution in [0, 0.1) is 0 Å². The number of hydrogen-bond acceptors (Lipinski definition) is 8. The van der Waals surface area contributed by atoms with Crippen molar-refractivity contribution in [2.75, 3.05) is 49.1 Å². The van der Waals surface area contributed by atoms with Crippen molar-refractivity contribution in [2.45, 2.75) is 32.0 Å². The highest BCUT2D eigenvalue weighted by molar-refractivity contribution is 7.80. The van der Waals surface area contributed by atoms with E-state index in [0.717, 1.165) is 5.56 Å². The fourth-order valence-electron chi connectivity index (χ4n) is 4.32. The summed E-state index contributed by atoms with van der Waals surface area (Å²) in [5, 5.41) is 7.36. The molecule has 1 saturated heterocycles. The van der Waals surface area contributed by atoms with E-state index < -0.39 is 0 Å². The second kappa shape index (κ2) is 11.7. The van der Waals surface area contributed by atoms with E-state index in [1.165, 1.54) is 20.3 Å². The lowest BCUT2D eigenvalue weighted by molar-refractivity contribution is -0.117. The maximum Gasteiger partial charge on any atom is 0.243 e. The van der Waals surface area contributed by atoms with Crippen molar-refractivity contribution in [2.24, 2.45) is 0 Å². The average molecular weight is 567 g/mol. The van der Waals surface area contributed by atoms with Crippen LogP contribution in [0.1, 0.15) is 18.9 Å². The van der Waals surface area contributed by atoms with Gasteiger partial charge in [-0.15, -0.1) is 0 Å². The van der Waals surface area contributed by atoms with Crippen molar-refractivity contribution in [3.05, 3.63) is 40.5 Å². The van der Waals surface area contributed by atoms with Crippen LogP contribution in [0.25, 0.3) is 0 Å². The molecule has 4 rings (SSSR count). The Balaban J connectivity index is 1.66. The van der Waals surface area contributed by atoms with Gasteiger partial charge >= 0.3 is 0 Å². The summed E-state index contributed by atoms with van der Waals surface area (Å²) in [6.45, 7) is 7.34. The normalized spacial score (nSPS) is 19.2. The van der Waals surface area contributed by atoms with Gasteiger partial charge in [0, 0.05) is 31.0 Å². The van der Waals surface area contributed by atoms with Crippen molar-refractivity contribution < 1.29 is 19.0 Å². The standard InChI is InChI=1S/C24H28Cl2N6O4S/c1-5-18(33)28-14-7-8-36-12-15(14)29-23-27-10-13-11-32(24(37)31(6-2)22(13)30-23)21-19(25)16(34-3)9-17(35-4)20(21)26/h5,9-10,14-15H,1,6-8,11-12H2,2-4H3,(H,28,33)(H,27,29,30)/t14-,15+/m0/s1. The molecule has 2 N–H and O–H groups in total. The summed E-state index contributed by atoms with van der Waals surface area (Å²) in [6.07, 6.45) is 3.65. The molecule has 0 saturated carbocycles. The summed E-state index contributed by atoms with van der Waals surface area (Å²) < 4.78 is 16.5. The molecule has 1 aromatic heterocycles. The number of thiocarbonyl (C=S) groups is 1. The van der Waals surface area contributed by atoms with E-state index in [0.29, 0.717) is 76.8 Å². The van der Waals surface area contributed by atoms with Gasteiger partial charge in [0.1, 0.15) is 27.4 Å². The summed E-state index contributed by atoms with van der Waals surface area (Å²) in [4.78, 5) is 24.9. The smallest absolute Gasteiger partial charge is 0.243 e. The number of hydrogen-bond donors (Lipinski definition) is 2. The first-order valence-corrected chi connectivity index (χ1v) is 12.8. The molecule has 37 heavy (non-hydrogen) atoms. The van der Waals surface area contributed by atoms with E-state index in [4.69, 9.17) is 54.6 Å². The molecule has 2 atom stereocenters. The van der Waals surface area contributed by atoms with Crippen LogP contribution in [0.4, 0.5) is 17.5 Å². The second-order valence-electron chi connectivity index (χ2n) is 8.35. The Labute approximate surface area is 230 Å². The van der Waals surface area contributed by atoms with Gasteiger partial charge in [0.25, 0.3) is 0 Å². The first-order valence-electron chi connectivity index (χ1n) is 11.6. The van der Waals surface area contributed by atoms with Crippen LogP contribution in [0.3, 0.4) is 0 Å². The molecule has 13 heteroatoms. The summed E-state index contributed by atoms with van der Waals surface area (Å²) in [5.74, 6) is 1.67. The Morgan fingerprint density at radius 2 is 2.00 bits per heavy atom. The zero-order chi connectivity index (χ0) is 26.7. The van der Waals surface area contributed by atoms with E-state index >= 15 is 0 Å². The van der Waals surface area contributed by atoms with Crippen LogP contribution >= 0.6 is 35.4 Å². The van der Waals surface area contributed by atoms with Crippen molar-refractivity contribution in [1.82, 2.24) is 15.3 Å². The zero-order valence-corrected chi connectivity index (χ0v) is 23.0. The zero-order valence-electron chi connectivity index (χ0n) is 20.7. The molecule has 1 aromatic carbocycles. The number of anilines is 3. The van der Waals surface area contributed by atoms with Gasteiger partial charge in [-0.2, -0.15) is 4.98 Å². The Hall–Kier alpha value is -2.86. The predicted molar refractivity (Wildman–Crippen MR) is 148 cm³/mol. The van der Waals surface area contributed by atoms with Gasteiger partial charge in [-0.3, -0.25) is 4.79 Å². The minimum absolute atomic E-state index is 0.148. The number of fused-ring (bicyclic) bond motifs is 1. The van der Waals surface area contributed by atoms with E-state index in [-0.39, 0.29) is 18.0 Å². The van der Waals surface area contributed by atoms with E-state index in [1.807, 2.05) is 16.7 Å². The number of nitrogens with zero attached hydrogens (tertiary/aromatic N) is 4. The van der Waals surface area contributed by atoms with Gasteiger partial charge in [0.15, 0.2) is 5.11 Å². The Kier molecular flexibility index (Phi) is 8.58. The SMILES string of the molecule is C=CC(=O)N[C@H]1CCOC[C@H]1Nc1ncc2c(n1)N(CC)C(=S)N(c1c(Cl)c(OC)cc(OC)c1Cl)C2. The molecular weight excluding hydrogens is 539 g/mol. The van der Waals surface area contributed by atoms with Crippen LogP contribution in [-0.2, 0) is 16.1 Å². The summed E-state index contributed by atoms with van der Waals surface area (Å²) in [7, 11) is 3.04. The third-order valence-electron chi connectivity index (χ3n) is 6.21. The molecule has 198 valence electrons. The number of rotatable bonds is 8. The van der Waals surface area contributed by atoms with E-state index in [9.17, 15) is 4.79 Å². The lowest BCUT2D eigenvalue weighted by Crippen LogP contribution is -2.52. The van der Waals surface area contributed by atoms with E-state index in [2.05, 4.69) is 22.2 Å². The maximum atomic E-state index is 11.9. The second-order valence-corrected chi connectivity index (χ2v) is 9.47. The Morgan fingerprint density at radius 1 is 1.30 bits per heavy atom. The van der Waals surface area contributed by atoms with Gasteiger partial charge < -0.3 is 34.6 Å². The Bertz CT molecular complexity index is 1190. The van der Waals surface area contributed by atoms with Crippen LogP contribution in [0.5, 0.6) is 11.5 Å². The number of ether oxygens (including phenoxy) is 3. The first-order chi connectivity index (χ1) is 17.8. The number of carbonyl (C=O) groups is 1. The minimum Gasteiger partial charge on any atom is -0.495 e. The van der Waals surface area contributed by atoms with Crippen LogP contribution < -0.4 is 29.9 Å². The van der Waals surface area contributed by atoms with Gasteiger partial charge in [-0.25, -0.2) is 4.98 Å². The Morgan fingerprint density at radius 3 is 2.62 bits per heavy atom. The average Bonchev–Trinajstić information content (AvgIpc) is 2.90. The minimum atomic E-state index is -0.237. The lowest BCUT2D eigenvalue weighted by Gasteiger charge is -2.39. The van der Waals surface area contributed by atoms with Crippen LogP contribution in [0.2, 0.25) is 10.0 Å². The van der Waals surface area contributed by atoms with Gasteiger partial charge in [0.05, 0.1) is 45.1 Å². The molecule has 1 fully saturated rings. The third kappa shape index (κ3) is 5.40. The fourth-order valence-corrected chi connectivity index (χ4v) is 5.39.